The maximum atomic E-state index is 11.2. The van der Waals surface area contributed by atoms with Gasteiger partial charge in [0.1, 0.15) is 5.75 Å². The fourth-order valence-electron chi connectivity index (χ4n) is 1.42. The van der Waals surface area contributed by atoms with Gasteiger partial charge in [-0.05, 0) is 18.2 Å². The third-order valence-electron chi connectivity index (χ3n) is 2.09. The SMILES string of the molecule is O=C(C[N+](=O)[O-])Oc1ccnc2ccccc12. The molecular formula is C11H8N2O4. The number of pyridine rings is 1. The van der Waals surface area contributed by atoms with E-state index in [4.69, 9.17) is 4.74 Å². The molecule has 0 radical (unpaired) electrons. The number of nitrogens with zero attached hydrogens (tertiary/aromatic N) is 2. The summed E-state index contributed by atoms with van der Waals surface area (Å²) in [5, 5.41) is 10.8. The van der Waals surface area contributed by atoms with Crippen LogP contribution in [0.4, 0.5) is 0 Å². The van der Waals surface area contributed by atoms with Crippen LogP contribution in [0.5, 0.6) is 5.75 Å². The first-order chi connectivity index (χ1) is 8.16. The Balaban J connectivity index is 2.30. The monoisotopic (exact) mass is 232 g/mol. The Kier molecular flexibility index (Phi) is 2.95. The third-order valence-corrected chi connectivity index (χ3v) is 2.09. The van der Waals surface area contributed by atoms with E-state index >= 15 is 0 Å². The van der Waals surface area contributed by atoms with Crippen LogP contribution < -0.4 is 4.74 Å². The van der Waals surface area contributed by atoms with Crippen LogP contribution in [0.1, 0.15) is 0 Å². The van der Waals surface area contributed by atoms with Gasteiger partial charge in [-0.15, -0.1) is 0 Å². The maximum Gasteiger partial charge on any atom is 0.383 e. The van der Waals surface area contributed by atoms with Gasteiger partial charge in [0.25, 0.3) is 6.54 Å². The van der Waals surface area contributed by atoms with E-state index in [-0.39, 0.29) is 5.75 Å². The minimum atomic E-state index is -0.897. The Morgan fingerprint density at radius 1 is 1.35 bits per heavy atom. The molecule has 6 heteroatoms. The molecule has 6 nitrogen and oxygen atoms in total. The van der Waals surface area contributed by atoms with Gasteiger partial charge in [0.15, 0.2) is 0 Å². The Morgan fingerprint density at radius 2 is 2.12 bits per heavy atom. The number of para-hydroxylation sites is 1. The van der Waals surface area contributed by atoms with E-state index in [1.54, 1.807) is 24.3 Å². The Hall–Kier alpha value is -2.50. The molecule has 0 spiro atoms. The van der Waals surface area contributed by atoms with Gasteiger partial charge in [0.05, 0.1) is 5.52 Å². The van der Waals surface area contributed by atoms with Crippen LogP contribution in [0.25, 0.3) is 10.9 Å². The molecule has 0 unspecified atom stereocenters. The first kappa shape index (κ1) is 11.0. The third kappa shape index (κ3) is 2.54. The quantitative estimate of drug-likeness (QED) is 0.454. The second-order valence-electron chi connectivity index (χ2n) is 3.29. The van der Waals surface area contributed by atoms with Gasteiger partial charge in [-0.2, -0.15) is 0 Å². The standard InChI is InChI=1S/C11H8N2O4/c14-11(7-13(15)16)17-10-5-6-12-9-4-2-1-3-8(9)10/h1-6H,7H2. The van der Waals surface area contributed by atoms with E-state index < -0.39 is 17.4 Å². The molecular weight excluding hydrogens is 224 g/mol. The summed E-state index contributed by atoms with van der Waals surface area (Å²) in [5.41, 5.74) is 0.666. The molecule has 1 aromatic carbocycles. The highest BCUT2D eigenvalue weighted by molar-refractivity contribution is 5.87. The number of nitro groups is 1. The zero-order valence-corrected chi connectivity index (χ0v) is 8.70. The number of carbonyl (C=O) groups excluding carboxylic acids is 1. The topological polar surface area (TPSA) is 82.3 Å². The number of benzene rings is 1. The van der Waals surface area contributed by atoms with Crippen molar-refractivity contribution < 1.29 is 14.5 Å². The maximum absolute atomic E-state index is 11.2. The van der Waals surface area contributed by atoms with Crippen molar-refractivity contribution in [3.63, 3.8) is 0 Å². The van der Waals surface area contributed by atoms with E-state index in [0.29, 0.717) is 10.9 Å². The zero-order valence-electron chi connectivity index (χ0n) is 8.70. The molecule has 0 aliphatic heterocycles. The average molecular weight is 232 g/mol. The largest absolute Gasteiger partial charge is 0.421 e. The molecule has 17 heavy (non-hydrogen) atoms. The summed E-state index contributed by atoms with van der Waals surface area (Å²) in [6, 6.07) is 8.57. The first-order valence-corrected chi connectivity index (χ1v) is 4.83. The van der Waals surface area contributed by atoms with Crippen molar-refractivity contribution in [2.24, 2.45) is 0 Å². The fraction of sp³-hybridized carbons (Fsp3) is 0.0909. The van der Waals surface area contributed by atoms with E-state index in [1.807, 2.05) is 0 Å². The summed E-state index contributed by atoms with van der Waals surface area (Å²) < 4.78 is 4.92. The van der Waals surface area contributed by atoms with Gasteiger partial charge in [0.2, 0.25) is 0 Å². The predicted molar refractivity (Wildman–Crippen MR) is 59.2 cm³/mol. The number of hydrogen-bond donors (Lipinski definition) is 0. The second-order valence-corrected chi connectivity index (χ2v) is 3.29. The van der Waals surface area contributed by atoms with Crippen molar-refractivity contribution in [1.82, 2.24) is 4.98 Å². The lowest BCUT2D eigenvalue weighted by Gasteiger charge is -2.04. The summed E-state index contributed by atoms with van der Waals surface area (Å²) in [6.45, 7) is -0.851. The normalized spacial score (nSPS) is 10.1. The van der Waals surface area contributed by atoms with Crippen molar-refractivity contribution in [1.29, 1.82) is 0 Å². The molecule has 0 saturated heterocycles. The van der Waals surface area contributed by atoms with E-state index in [9.17, 15) is 14.9 Å². The smallest absolute Gasteiger partial charge is 0.383 e. The Labute approximate surface area is 96.0 Å². The number of hydrogen-bond acceptors (Lipinski definition) is 5. The van der Waals surface area contributed by atoms with E-state index in [0.717, 1.165) is 0 Å². The van der Waals surface area contributed by atoms with E-state index in [1.165, 1.54) is 12.3 Å². The van der Waals surface area contributed by atoms with Crippen LogP contribution in [-0.4, -0.2) is 22.4 Å². The summed E-state index contributed by atoms with van der Waals surface area (Å²) in [5.74, 6) is -0.617. The van der Waals surface area contributed by atoms with Crippen LogP contribution in [0.2, 0.25) is 0 Å². The fourth-order valence-corrected chi connectivity index (χ4v) is 1.42. The summed E-state index contributed by atoms with van der Waals surface area (Å²) in [4.78, 5) is 24.7. The van der Waals surface area contributed by atoms with Crippen molar-refractivity contribution in [2.75, 3.05) is 6.54 Å². The summed E-state index contributed by atoms with van der Waals surface area (Å²) in [7, 11) is 0. The number of esters is 1. The molecule has 0 atom stereocenters. The number of rotatable bonds is 3. The first-order valence-electron chi connectivity index (χ1n) is 4.83. The molecule has 1 heterocycles. The second kappa shape index (κ2) is 4.56. The van der Waals surface area contributed by atoms with Crippen molar-refractivity contribution >= 4 is 16.9 Å². The summed E-state index contributed by atoms with van der Waals surface area (Å²) >= 11 is 0. The molecule has 1 aromatic heterocycles. The molecule has 2 aromatic rings. The van der Waals surface area contributed by atoms with Gasteiger partial charge in [0, 0.05) is 16.5 Å². The molecule has 0 N–H and O–H groups in total. The highest BCUT2D eigenvalue weighted by Gasteiger charge is 2.13. The molecule has 86 valence electrons. The Morgan fingerprint density at radius 3 is 2.88 bits per heavy atom. The van der Waals surface area contributed by atoms with Crippen molar-refractivity contribution in [2.45, 2.75) is 0 Å². The number of ether oxygens (including phenoxy) is 1. The molecule has 0 saturated carbocycles. The van der Waals surface area contributed by atoms with Crippen molar-refractivity contribution in [3.05, 3.63) is 46.6 Å². The van der Waals surface area contributed by atoms with Gasteiger partial charge >= 0.3 is 5.97 Å². The molecule has 0 aliphatic rings. The van der Waals surface area contributed by atoms with Gasteiger partial charge in [-0.3, -0.25) is 15.1 Å². The molecule has 0 bridgehead atoms. The summed E-state index contributed by atoms with van der Waals surface area (Å²) in [6.07, 6.45) is 1.48. The van der Waals surface area contributed by atoms with Crippen LogP contribution in [0, 0.1) is 10.1 Å². The minimum absolute atomic E-state index is 0.280. The number of aromatic nitrogens is 1. The predicted octanol–water partition coefficient (Wildman–Crippen LogP) is 1.42. The highest BCUT2D eigenvalue weighted by Crippen LogP contribution is 2.23. The van der Waals surface area contributed by atoms with E-state index in [2.05, 4.69) is 4.98 Å². The highest BCUT2D eigenvalue weighted by atomic mass is 16.6. The lowest BCUT2D eigenvalue weighted by atomic mass is 10.2. The van der Waals surface area contributed by atoms with Gasteiger partial charge < -0.3 is 4.74 Å². The minimum Gasteiger partial charge on any atom is -0.421 e. The molecule has 0 fully saturated rings. The van der Waals surface area contributed by atoms with Crippen LogP contribution in [0.3, 0.4) is 0 Å². The Bertz CT molecular complexity index is 577. The van der Waals surface area contributed by atoms with Crippen LogP contribution in [0.15, 0.2) is 36.5 Å². The van der Waals surface area contributed by atoms with Gasteiger partial charge in [-0.25, -0.2) is 4.79 Å². The lowest BCUT2D eigenvalue weighted by Crippen LogP contribution is -2.19. The molecule has 2 rings (SSSR count). The number of carbonyl (C=O) groups is 1. The van der Waals surface area contributed by atoms with Crippen molar-refractivity contribution in [3.8, 4) is 5.75 Å². The van der Waals surface area contributed by atoms with Crippen LogP contribution in [-0.2, 0) is 4.79 Å². The molecule has 0 amide bonds. The number of fused-ring (bicyclic) bond motifs is 1. The van der Waals surface area contributed by atoms with Gasteiger partial charge in [-0.1, -0.05) is 12.1 Å². The zero-order chi connectivity index (χ0) is 12.3. The average Bonchev–Trinajstić information content (AvgIpc) is 2.28. The van der Waals surface area contributed by atoms with Crippen LogP contribution >= 0.6 is 0 Å². The molecule has 0 aliphatic carbocycles. The lowest BCUT2D eigenvalue weighted by molar-refractivity contribution is -0.469.